The number of hydrogen-bond acceptors (Lipinski definition) is 3. The van der Waals surface area contributed by atoms with Crippen LogP contribution in [0.4, 0.5) is 13.2 Å². The lowest BCUT2D eigenvalue weighted by Gasteiger charge is -2.13. The predicted octanol–water partition coefficient (Wildman–Crippen LogP) is 1.18. The zero-order chi connectivity index (χ0) is 9.41. The van der Waals surface area contributed by atoms with Crippen molar-refractivity contribution >= 4 is 9.84 Å². The van der Waals surface area contributed by atoms with Gasteiger partial charge >= 0.3 is 5.51 Å². The second-order valence-electron chi connectivity index (χ2n) is 2.16. The molecule has 0 aromatic heterocycles. The van der Waals surface area contributed by atoms with E-state index in [2.05, 4.69) is 4.74 Å². The van der Waals surface area contributed by atoms with Crippen molar-refractivity contribution in [1.82, 2.24) is 0 Å². The maximum absolute atomic E-state index is 11.8. The van der Waals surface area contributed by atoms with Gasteiger partial charge in [0.25, 0.3) is 9.84 Å². The molecule has 1 unspecified atom stereocenters. The van der Waals surface area contributed by atoms with Crippen LogP contribution in [-0.2, 0) is 14.6 Å². The highest BCUT2D eigenvalue weighted by molar-refractivity contribution is 7.92. The normalized spacial score (nSPS) is 24.1. The summed E-state index contributed by atoms with van der Waals surface area (Å²) in [5, 5.41) is 0. The maximum Gasteiger partial charge on any atom is 0.501 e. The minimum absolute atomic E-state index is 0.248. The van der Waals surface area contributed by atoms with Gasteiger partial charge in [0.1, 0.15) is 0 Å². The van der Waals surface area contributed by atoms with Gasteiger partial charge in [0, 0.05) is 6.42 Å². The number of halogens is 3. The van der Waals surface area contributed by atoms with Gasteiger partial charge in [-0.3, -0.25) is 0 Å². The van der Waals surface area contributed by atoms with Crippen LogP contribution >= 0.6 is 0 Å². The van der Waals surface area contributed by atoms with E-state index < -0.39 is 20.8 Å². The molecular weight excluding hydrogens is 197 g/mol. The first-order chi connectivity index (χ1) is 5.36. The summed E-state index contributed by atoms with van der Waals surface area (Å²) in [5.74, 6) is 0. The first-order valence-corrected chi connectivity index (χ1v) is 4.51. The molecule has 0 amide bonds. The molecule has 0 N–H and O–H groups in total. The van der Waals surface area contributed by atoms with E-state index in [1.165, 1.54) is 6.08 Å². The Labute approximate surface area is 66.7 Å². The third kappa shape index (κ3) is 1.40. The highest BCUT2D eigenvalue weighted by Gasteiger charge is 2.52. The van der Waals surface area contributed by atoms with E-state index in [-0.39, 0.29) is 6.42 Å². The van der Waals surface area contributed by atoms with Gasteiger partial charge in [0.05, 0.1) is 6.26 Å². The van der Waals surface area contributed by atoms with Gasteiger partial charge < -0.3 is 4.74 Å². The predicted molar refractivity (Wildman–Crippen MR) is 33.6 cm³/mol. The zero-order valence-corrected chi connectivity index (χ0v) is 6.52. The molecule has 1 rings (SSSR count). The van der Waals surface area contributed by atoms with Crippen LogP contribution in [0.25, 0.3) is 0 Å². The van der Waals surface area contributed by atoms with Crippen LogP contribution in [0.5, 0.6) is 0 Å². The molecule has 0 spiro atoms. The Morgan fingerprint density at radius 1 is 1.42 bits per heavy atom. The molecule has 1 aliphatic rings. The molecule has 0 bridgehead atoms. The minimum atomic E-state index is -5.23. The molecule has 7 heteroatoms. The minimum Gasteiger partial charge on any atom is -0.482 e. The highest BCUT2D eigenvalue weighted by atomic mass is 32.2. The summed E-state index contributed by atoms with van der Waals surface area (Å²) in [7, 11) is -5.16. The first-order valence-electron chi connectivity index (χ1n) is 2.96. The molecule has 0 saturated carbocycles. The van der Waals surface area contributed by atoms with Crippen LogP contribution in [0.3, 0.4) is 0 Å². The van der Waals surface area contributed by atoms with E-state index in [0.717, 1.165) is 6.26 Å². The number of ether oxygens (including phenoxy) is 1. The van der Waals surface area contributed by atoms with Gasteiger partial charge in [-0.05, 0) is 6.08 Å². The SMILES string of the molecule is O=S(=O)(C1CC=CO1)C(F)(F)F. The molecule has 3 nitrogen and oxygen atoms in total. The smallest absolute Gasteiger partial charge is 0.482 e. The van der Waals surface area contributed by atoms with Crippen molar-refractivity contribution in [2.24, 2.45) is 0 Å². The van der Waals surface area contributed by atoms with Crippen molar-refractivity contribution in [1.29, 1.82) is 0 Å². The summed E-state index contributed by atoms with van der Waals surface area (Å²) < 4.78 is 60.8. The third-order valence-electron chi connectivity index (χ3n) is 1.32. The molecule has 1 heterocycles. The monoisotopic (exact) mass is 202 g/mol. The van der Waals surface area contributed by atoms with Crippen LogP contribution in [0.2, 0.25) is 0 Å². The Morgan fingerprint density at radius 3 is 2.33 bits per heavy atom. The van der Waals surface area contributed by atoms with Crippen molar-refractivity contribution in [3.63, 3.8) is 0 Å². The fourth-order valence-electron chi connectivity index (χ4n) is 0.714. The molecule has 1 atom stereocenters. The lowest BCUT2D eigenvalue weighted by molar-refractivity contribution is -0.0473. The van der Waals surface area contributed by atoms with Crippen LogP contribution in [-0.4, -0.2) is 19.4 Å². The van der Waals surface area contributed by atoms with E-state index in [1.54, 1.807) is 0 Å². The molecule has 0 radical (unpaired) electrons. The lowest BCUT2D eigenvalue weighted by atomic mass is 10.5. The van der Waals surface area contributed by atoms with Crippen molar-refractivity contribution in [3.8, 4) is 0 Å². The van der Waals surface area contributed by atoms with Crippen LogP contribution < -0.4 is 0 Å². The molecule has 1 aliphatic heterocycles. The third-order valence-corrected chi connectivity index (χ3v) is 2.96. The van der Waals surface area contributed by atoms with Gasteiger partial charge in [0.2, 0.25) is 5.44 Å². The molecule has 70 valence electrons. The molecule has 0 saturated heterocycles. The fraction of sp³-hybridized carbons (Fsp3) is 0.600. The lowest BCUT2D eigenvalue weighted by Crippen LogP contribution is -2.33. The number of rotatable bonds is 1. The average Bonchev–Trinajstić information content (AvgIpc) is 2.34. The fourth-order valence-corrected chi connectivity index (χ4v) is 1.59. The van der Waals surface area contributed by atoms with E-state index in [1.807, 2.05) is 0 Å². The quantitative estimate of drug-likeness (QED) is 0.641. The Kier molecular flexibility index (Phi) is 2.07. The summed E-state index contributed by atoms with van der Waals surface area (Å²) in [4.78, 5) is 0. The zero-order valence-electron chi connectivity index (χ0n) is 5.71. The van der Waals surface area contributed by atoms with E-state index in [0.29, 0.717) is 0 Å². The number of hydrogen-bond donors (Lipinski definition) is 0. The van der Waals surface area contributed by atoms with E-state index in [9.17, 15) is 21.6 Å². The first kappa shape index (κ1) is 9.37. The Balaban J connectivity index is 2.87. The van der Waals surface area contributed by atoms with E-state index >= 15 is 0 Å². The van der Waals surface area contributed by atoms with Crippen molar-refractivity contribution in [2.75, 3.05) is 0 Å². The summed E-state index contributed by atoms with van der Waals surface area (Å²) in [5.41, 5.74) is -7.03. The second-order valence-corrected chi connectivity index (χ2v) is 4.24. The summed E-state index contributed by atoms with van der Waals surface area (Å²) in [6, 6.07) is 0. The second kappa shape index (κ2) is 2.65. The van der Waals surface area contributed by atoms with Crippen molar-refractivity contribution in [3.05, 3.63) is 12.3 Å². The van der Waals surface area contributed by atoms with Gasteiger partial charge in [0.15, 0.2) is 0 Å². The molecular formula is C5H5F3O3S. The highest BCUT2D eigenvalue weighted by Crippen LogP contribution is 2.31. The number of alkyl halides is 3. The van der Waals surface area contributed by atoms with Crippen molar-refractivity contribution < 1.29 is 26.3 Å². The summed E-state index contributed by atoms with van der Waals surface area (Å²) in [6.07, 6.45) is 1.93. The van der Waals surface area contributed by atoms with Crippen LogP contribution in [0.1, 0.15) is 6.42 Å². The van der Waals surface area contributed by atoms with Crippen molar-refractivity contribution in [2.45, 2.75) is 17.4 Å². The molecule has 0 aromatic carbocycles. The molecule has 0 aliphatic carbocycles. The Bertz CT molecular complexity index is 282. The van der Waals surface area contributed by atoms with Gasteiger partial charge in [-0.25, -0.2) is 8.42 Å². The Morgan fingerprint density at radius 2 is 2.00 bits per heavy atom. The van der Waals surface area contributed by atoms with E-state index in [4.69, 9.17) is 0 Å². The molecule has 0 aromatic rings. The van der Waals surface area contributed by atoms with Crippen LogP contribution in [0, 0.1) is 0 Å². The summed E-state index contributed by atoms with van der Waals surface area (Å²) >= 11 is 0. The van der Waals surface area contributed by atoms with Gasteiger partial charge in [-0.2, -0.15) is 13.2 Å². The average molecular weight is 202 g/mol. The molecule has 0 fully saturated rings. The largest absolute Gasteiger partial charge is 0.501 e. The molecule has 12 heavy (non-hydrogen) atoms. The van der Waals surface area contributed by atoms with Gasteiger partial charge in [-0.15, -0.1) is 0 Å². The van der Waals surface area contributed by atoms with Crippen LogP contribution in [0.15, 0.2) is 12.3 Å². The summed E-state index contributed by atoms with van der Waals surface area (Å²) in [6.45, 7) is 0. The Hall–Kier alpha value is -0.720. The number of sulfone groups is 1. The topological polar surface area (TPSA) is 43.4 Å². The maximum atomic E-state index is 11.8. The standard InChI is InChI=1S/C5H5F3O3S/c6-5(7,8)12(9,10)4-2-1-3-11-4/h1,3-4H,2H2. The van der Waals surface area contributed by atoms with Gasteiger partial charge in [-0.1, -0.05) is 0 Å².